The molecule has 1 N–H and O–H groups in total. The monoisotopic (exact) mass is 371 g/mol. The van der Waals surface area contributed by atoms with Gasteiger partial charge in [-0.1, -0.05) is 30.3 Å². The summed E-state index contributed by atoms with van der Waals surface area (Å²) in [6.07, 6.45) is 2.42. The number of carbonyl (C=O) groups excluding carboxylic acids is 1. The Morgan fingerprint density at radius 3 is 2.77 bits per heavy atom. The molecular weight excluding hydrogens is 346 g/mol. The van der Waals surface area contributed by atoms with E-state index in [0.717, 1.165) is 35.7 Å². The van der Waals surface area contributed by atoms with E-state index >= 15 is 0 Å². The summed E-state index contributed by atoms with van der Waals surface area (Å²) in [6, 6.07) is 16.0. The van der Waals surface area contributed by atoms with Crippen molar-refractivity contribution in [3.05, 3.63) is 59.7 Å². The normalized spacial score (nSPS) is 16.4. The molecule has 1 fully saturated rings. The Morgan fingerprint density at radius 1 is 1.23 bits per heavy atom. The van der Waals surface area contributed by atoms with E-state index in [2.05, 4.69) is 18.3 Å². The van der Waals surface area contributed by atoms with Crippen molar-refractivity contribution in [1.29, 1.82) is 0 Å². The molecular formula is C21H25NO3S. The van der Waals surface area contributed by atoms with E-state index in [9.17, 15) is 4.79 Å². The van der Waals surface area contributed by atoms with Gasteiger partial charge in [0.1, 0.15) is 12.4 Å². The molecule has 0 spiro atoms. The zero-order valence-corrected chi connectivity index (χ0v) is 15.9. The Labute approximate surface area is 159 Å². The third kappa shape index (κ3) is 5.78. The van der Waals surface area contributed by atoms with Crippen LogP contribution in [0.1, 0.15) is 24.0 Å². The van der Waals surface area contributed by atoms with E-state index < -0.39 is 0 Å². The van der Waals surface area contributed by atoms with Gasteiger partial charge in [0.2, 0.25) is 5.91 Å². The van der Waals surface area contributed by atoms with Crippen LogP contribution in [0.4, 0.5) is 0 Å². The summed E-state index contributed by atoms with van der Waals surface area (Å²) < 4.78 is 11.3. The summed E-state index contributed by atoms with van der Waals surface area (Å²) in [5.74, 6) is 1.30. The lowest BCUT2D eigenvalue weighted by molar-refractivity contribution is -0.118. The van der Waals surface area contributed by atoms with Gasteiger partial charge in [0.25, 0.3) is 0 Å². The Kier molecular flexibility index (Phi) is 6.97. The van der Waals surface area contributed by atoms with Gasteiger partial charge in [-0.3, -0.25) is 4.79 Å². The van der Waals surface area contributed by atoms with E-state index in [1.807, 2.05) is 42.5 Å². The zero-order chi connectivity index (χ0) is 18.2. The molecule has 0 saturated carbocycles. The predicted molar refractivity (Wildman–Crippen MR) is 105 cm³/mol. The largest absolute Gasteiger partial charge is 0.491 e. The molecule has 1 heterocycles. The van der Waals surface area contributed by atoms with Crippen molar-refractivity contribution in [1.82, 2.24) is 5.32 Å². The fraction of sp³-hybridized carbons (Fsp3) is 0.381. The molecule has 3 rings (SSSR count). The van der Waals surface area contributed by atoms with Crippen molar-refractivity contribution in [2.75, 3.05) is 19.0 Å². The minimum Gasteiger partial charge on any atom is -0.491 e. The minimum atomic E-state index is 0.0389. The number of benzene rings is 2. The minimum absolute atomic E-state index is 0.0389. The Balaban J connectivity index is 1.38. The van der Waals surface area contributed by atoms with Crippen LogP contribution in [-0.2, 0) is 16.1 Å². The van der Waals surface area contributed by atoms with Crippen LogP contribution in [0.5, 0.6) is 5.75 Å². The quantitative estimate of drug-likeness (QED) is 0.714. The molecule has 4 nitrogen and oxygen atoms in total. The van der Waals surface area contributed by atoms with Gasteiger partial charge in [0, 0.05) is 18.0 Å². The van der Waals surface area contributed by atoms with Crippen molar-refractivity contribution >= 4 is 17.7 Å². The molecule has 0 aromatic heterocycles. The van der Waals surface area contributed by atoms with Crippen LogP contribution in [-0.4, -0.2) is 31.0 Å². The van der Waals surface area contributed by atoms with Crippen LogP contribution >= 0.6 is 11.8 Å². The maximum atomic E-state index is 12.0. The van der Waals surface area contributed by atoms with Crippen molar-refractivity contribution in [2.45, 2.75) is 37.3 Å². The molecule has 0 unspecified atom stereocenters. The van der Waals surface area contributed by atoms with Crippen LogP contribution in [0, 0.1) is 6.92 Å². The molecule has 1 atom stereocenters. The topological polar surface area (TPSA) is 47.6 Å². The summed E-state index contributed by atoms with van der Waals surface area (Å²) in [5, 5.41) is 2.96. The fourth-order valence-corrected chi connectivity index (χ4v) is 3.64. The van der Waals surface area contributed by atoms with Crippen molar-refractivity contribution in [3.63, 3.8) is 0 Å². The molecule has 1 amide bonds. The third-order valence-corrected chi connectivity index (χ3v) is 5.50. The molecule has 0 aliphatic carbocycles. The first kappa shape index (κ1) is 18.8. The van der Waals surface area contributed by atoms with E-state index in [1.54, 1.807) is 11.8 Å². The first-order valence-corrected chi connectivity index (χ1v) is 9.98. The summed E-state index contributed by atoms with van der Waals surface area (Å²) in [5.41, 5.74) is 2.26. The van der Waals surface area contributed by atoms with Crippen LogP contribution < -0.4 is 10.1 Å². The zero-order valence-electron chi connectivity index (χ0n) is 15.1. The second-order valence-electron chi connectivity index (χ2n) is 6.42. The summed E-state index contributed by atoms with van der Waals surface area (Å²) in [4.78, 5) is 13.2. The fourth-order valence-electron chi connectivity index (χ4n) is 2.78. The maximum absolute atomic E-state index is 12.0. The van der Waals surface area contributed by atoms with Gasteiger partial charge in [0.15, 0.2) is 0 Å². The number of ether oxygens (including phenoxy) is 2. The lowest BCUT2D eigenvalue weighted by Gasteiger charge is -2.12. The highest BCUT2D eigenvalue weighted by Crippen LogP contribution is 2.21. The van der Waals surface area contributed by atoms with Crippen molar-refractivity contribution in [2.24, 2.45) is 0 Å². The van der Waals surface area contributed by atoms with Crippen molar-refractivity contribution < 1.29 is 14.3 Å². The molecule has 1 saturated heterocycles. The number of thioether (sulfide) groups is 1. The van der Waals surface area contributed by atoms with Crippen LogP contribution in [0.3, 0.4) is 0 Å². The Morgan fingerprint density at radius 2 is 2.04 bits per heavy atom. The SMILES string of the molecule is Cc1ccccc1SCC(=O)NCc1ccc(OC[C@@H]2CCCO2)cc1. The van der Waals surface area contributed by atoms with Gasteiger partial charge < -0.3 is 14.8 Å². The molecule has 2 aromatic carbocycles. The summed E-state index contributed by atoms with van der Waals surface area (Å²) in [6.45, 7) is 4.03. The maximum Gasteiger partial charge on any atom is 0.230 e. The average molecular weight is 372 g/mol. The van der Waals surface area contributed by atoms with Gasteiger partial charge in [-0.05, 0) is 49.1 Å². The van der Waals surface area contributed by atoms with E-state index in [4.69, 9.17) is 9.47 Å². The molecule has 1 aliphatic rings. The summed E-state index contributed by atoms with van der Waals surface area (Å²) in [7, 11) is 0. The first-order chi connectivity index (χ1) is 12.7. The number of aryl methyl sites for hydroxylation is 1. The number of hydrogen-bond acceptors (Lipinski definition) is 4. The van der Waals surface area contributed by atoms with Gasteiger partial charge >= 0.3 is 0 Å². The Hall–Kier alpha value is -1.98. The molecule has 138 valence electrons. The van der Waals surface area contributed by atoms with Gasteiger partial charge in [0.05, 0.1) is 11.9 Å². The average Bonchev–Trinajstić information content (AvgIpc) is 3.18. The molecule has 26 heavy (non-hydrogen) atoms. The number of amides is 1. The second-order valence-corrected chi connectivity index (χ2v) is 7.44. The number of hydrogen-bond donors (Lipinski definition) is 1. The number of rotatable bonds is 8. The first-order valence-electron chi connectivity index (χ1n) is 8.99. The molecule has 5 heteroatoms. The lowest BCUT2D eigenvalue weighted by Crippen LogP contribution is -2.24. The van der Waals surface area contributed by atoms with Gasteiger partial charge in [-0.2, -0.15) is 0 Å². The Bertz CT molecular complexity index is 711. The molecule has 2 aromatic rings. The summed E-state index contributed by atoms with van der Waals surface area (Å²) >= 11 is 1.57. The lowest BCUT2D eigenvalue weighted by atomic mass is 10.2. The molecule has 0 radical (unpaired) electrons. The highest BCUT2D eigenvalue weighted by Gasteiger charge is 2.15. The van der Waals surface area contributed by atoms with Crippen LogP contribution in [0.25, 0.3) is 0 Å². The highest BCUT2D eigenvalue weighted by molar-refractivity contribution is 8.00. The van der Waals surface area contributed by atoms with Gasteiger partial charge in [-0.25, -0.2) is 0 Å². The van der Waals surface area contributed by atoms with Crippen molar-refractivity contribution in [3.8, 4) is 5.75 Å². The smallest absolute Gasteiger partial charge is 0.230 e. The number of nitrogens with one attached hydrogen (secondary N) is 1. The number of carbonyl (C=O) groups is 1. The van der Waals surface area contributed by atoms with E-state index in [1.165, 1.54) is 5.56 Å². The molecule has 1 aliphatic heterocycles. The molecule has 0 bridgehead atoms. The van der Waals surface area contributed by atoms with E-state index in [0.29, 0.717) is 18.9 Å². The predicted octanol–water partition coefficient (Wildman–Crippen LogP) is 3.96. The van der Waals surface area contributed by atoms with E-state index in [-0.39, 0.29) is 12.0 Å². The second kappa shape index (κ2) is 9.64. The standard InChI is InChI=1S/C21H25NO3S/c1-16-5-2-3-7-20(16)26-15-21(23)22-13-17-8-10-18(11-9-17)25-14-19-6-4-12-24-19/h2-3,5,7-11,19H,4,6,12-15H2,1H3,(H,22,23)/t19-/m0/s1. The third-order valence-electron chi connectivity index (χ3n) is 4.33. The van der Waals surface area contributed by atoms with Crippen LogP contribution in [0.15, 0.2) is 53.4 Å². The highest BCUT2D eigenvalue weighted by atomic mass is 32.2. The van der Waals surface area contributed by atoms with Crippen LogP contribution in [0.2, 0.25) is 0 Å². The van der Waals surface area contributed by atoms with Gasteiger partial charge in [-0.15, -0.1) is 11.8 Å².